The van der Waals surface area contributed by atoms with E-state index in [1.807, 2.05) is 55.3 Å². The Hall–Kier alpha value is -3.15. The number of hydrogen-bond acceptors (Lipinski definition) is 4. The molecule has 1 aliphatic carbocycles. The van der Waals surface area contributed by atoms with Gasteiger partial charge in [-0.1, -0.05) is 60.7 Å². The number of β-amino-alcohol motifs (C(OH)–C–C–N with tert-alkyl or cyclic N) is 1. The molecule has 176 valence electrons. The van der Waals surface area contributed by atoms with Crippen molar-refractivity contribution in [2.45, 2.75) is 31.4 Å². The molecule has 1 amide bonds. The lowest BCUT2D eigenvalue weighted by Gasteiger charge is -2.34. The zero-order valence-corrected chi connectivity index (χ0v) is 19.9. The van der Waals surface area contributed by atoms with Crippen LogP contribution in [0.15, 0.2) is 72.8 Å². The molecular weight excluding hydrogens is 424 g/mol. The number of aliphatic hydroxyl groups excluding tert-OH is 1. The summed E-state index contributed by atoms with van der Waals surface area (Å²) >= 11 is 0. The number of likely N-dealkylation sites (N-methyl/N-ethyl adjacent to an activating group) is 1. The van der Waals surface area contributed by atoms with Crippen LogP contribution < -0.4 is 4.74 Å². The van der Waals surface area contributed by atoms with E-state index in [1.165, 1.54) is 0 Å². The maximum atomic E-state index is 14.1. The predicted molar refractivity (Wildman–Crippen MR) is 134 cm³/mol. The number of amides is 1. The second kappa shape index (κ2) is 9.61. The summed E-state index contributed by atoms with van der Waals surface area (Å²) in [5.41, 5.74) is 5.50. The van der Waals surface area contributed by atoms with Crippen LogP contribution in [-0.2, 0) is 4.79 Å². The zero-order chi connectivity index (χ0) is 23.7. The van der Waals surface area contributed by atoms with E-state index in [2.05, 4.69) is 41.3 Å². The van der Waals surface area contributed by atoms with Crippen molar-refractivity contribution >= 4 is 5.91 Å². The van der Waals surface area contributed by atoms with E-state index < -0.39 is 0 Å². The number of aliphatic hydroxyl groups is 1. The summed E-state index contributed by atoms with van der Waals surface area (Å²) in [4.78, 5) is 18.3. The highest BCUT2D eigenvalue weighted by Crippen LogP contribution is 2.46. The molecule has 5 nitrogen and oxygen atoms in total. The molecule has 3 aromatic carbocycles. The lowest BCUT2D eigenvalue weighted by atomic mass is 9.94. The van der Waals surface area contributed by atoms with Crippen molar-refractivity contribution < 1.29 is 14.6 Å². The lowest BCUT2D eigenvalue weighted by Crippen LogP contribution is -2.41. The molecule has 1 aliphatic heterocycles. The molecular formula is C29H32N2O3. The van der Waals surface area contributed by atoms with Crippen LogP contribution in [0.2, 0.25) is 0 Å². The first-order valence-corrected chi connectivity index (χ1v) is 12.1. The molecule has 0 unspecified atom stereocenters. The molecule has 0 bridgehead atoms. The molecule has 2 aliphatic rings. The Morgan fingerprint density at radius 1 is 1.03 bits per heavy atom. The molecule has 0 radical (unpaired) electrons. The van der Waals surface area contributed by atoms with Crippen molar-refractivity contribution in [3.8, 4) is 16.9 Å². The molecule has 0 aromatic heterocycles. The fraction of sp³-hybridized carbons (Fsp3) is 0.345. The van der Waals surface area contributed by atoms with Crippen molar-refractivity contribution in [3.05, 3.63) is 89.5 Å². The van der Waals surface area contributed by atoms with Crippen molar-refractivity contribution in [2.24, 2.45) is 0 Å². The largest absolute Gasteiger partial charge is 0.494 e. The van der Waals surface area contributed by atoms with E-state index in [0.717, 1.165) is 46.5 Å². The van der Waals surface area contributed by atoms with Crippen LogP contribution in [0.4, 0.5) is 0 Å². The number of fused-ring (bicyclic) bond motifs is 3. The van der Waals surface area contributed by atoms with Gasteiger partial charge in [-0.2, -0.15) is 0 Å². The Kier molecular flexibility index (Phi) is 6.40. The number of nitrogens with zero attached hydrogens (tertiary/aromatic N) is 2. The number of benzene rings is 3. The van der Waals surface area contributed by atoms with Gasteiger partial charge in [0.1, 0.15) is 5.75 Å². The molecule has 1 fully saturated rings. The van der Waals surface area contributed by atoms with Gasteiger partial charge >= 0.3 is 0 Å². The van der Waals surface area contributed by atoms with Crippen LogP contribution in [0.1, 0.15) is 42.0 Å². The molecule has 1 N–H and O–H groups in total. The van der Waals surface area contributed by atoms with Gasteiger partial charge in [0.05, 0.1) is 24.7 Å². The Labute approximate surface area is 201 Å². The van der Waals surface area contributed by atoms with Crippen molar-refractivity contribution in [1.82, 2.24) is 9.80 Å². The van der Waals surface area contributed by atoms with Crippen LogP contribution in [0, 0.1) is 0 Å². The number of carbonyl (C=O) groups is 1. The van der Waals surface area contributed by atoms with E-state index in [9.17, 15) is 9.90 Å². The minimum Gasteiger partial charge on any atom is -0.494 e. The van der Waals surface area contributed by atoms with Crippen molar-refractivity contribution in [1.29, 1.82) is 0 Å². The topological polar surface area (TPSA) is 53.0 Å². The van der Waals surface area contributed by atoms with Crippen LogP contribution in [0.3, 0.4) is 0 Å². The number of ether oxygens (including phenoxy) is 1. The van der Waals surface area contributed by atoms with Crippen LogP contribution in [-0.4, -0.2) is 60.2 Å². The molecule has 5 heteroatoms. The number of likely N-dealkylation sites (tertiary alicyclic amines) is 1. The average Bonchev–Trinajstić information content (AvgIpc) is 3.43. The Bertz CT molecular complexity index is 1110. The first-order valence-electron chi connectivity index (χ1n) is 12.1. The number of rotatable bonds is 7. The van der Waals surface area contributed by atoms with Crippen LogP contribution in [0.5, 0.6) is 5.75 Å². The standard InChI is InChI=1S/C29H32N2O3/c1-3-34-22-14-12-20(13-15-22)27(19-31-17-16-21(32)18-31)30(2)29(33)28-25-10-6-4-8-23(25)24-9-5-7-11-26(24)28/h4-15,21,27-28,32H,3,16-19H2,1-2H3/t21-,27+/m0/s1. The molecule has 1 heterocycles. The summed E-state index contributed by atoms with van der Waals surface area (Å²) in [5.74, 6) is 0.608. The molecule has 2 atom stereocenters. The van der Waals surface area contributed by atoms with E-state index in [-0.39, 0.29) is 24.0 Å². The summed E-state index contributed by atoms with van der Waals surface area (Å²) in [6.45, 7) is 4.76. The SMILES string of the molecule is CCOc1ccc([C@@H](CN2CC[C@H](O)C2)N(C)C(=O)C2c3ccccc3-c3ccccc32)cc1. The van der Waals surface area contributed by atoms with Crippen LogP contribution in [0.25, 0.3) is 11.1 Å². The molecule has 5 rings (SSSR count). The molecule has 1 saturated heterocycles. The summed E-state index contributed by atoms with van der Waals surface area (Å²) in [6, 6.07) is 24.4. The van der Waals surface area contributed by atoms with E-state index in [4.69, 9.17) is 4.74 Å². The van der Waals surface area contributed by atoms with Gasteiger partial charge in [0.25, 0.3) is 0 Å². The predicted octanol–water partition coefficient (Wildman–Crippen LogP) is 4.46. The minimum atomic E-state index is -0.313. The van der Waals surface area contributed by atoms with Gasteiger partial charge in [-0.25, -0.2) is 0 Å². The molecule has 3 aromatic rings. The summed E-state index contributed by atoms with van der Waals surface area (Å²) in [6.07, 6.45) is 0.479. The highest BCUT2D eigenvalue weighted by atomic mass is 16.5. The van der Waals surface area contributed by atoms with Crippen molar-refractivity contribution in [3.63, 3.8) is 0 Å². The quantitative estimate of drug-likeness (QED) is 0.570. The number of carbonyl (C=O) groups excluding carboxylic acids is 1. The Morgan fingerprint density at radius 2 is 1.65 bits per heavy atom. The third-order valence-corrected chi connectivity index (χ3v) is 7.15. The van der Waals surface area contributed by atoms with Crippen LogP contribution >= 0.6 is 0 Å². The first kappa shape index (κ1) is 22.6. The fourth-order valence-electron chi connectivity index (χ4n) is 5.41. The number of hydrogen-bond donors (Lipinski definition) is 1. The third-order valence-electron chi connectivity index (χ3n) is 7.15. The fourth-order valence-corrected chi connectivity index (χ4v) is 5.41. The van der Waals surface area contributed by atoms with Gasteiger partial charge in [-0.05, 0) is 53.3 Å². The normalized spacial score (nSPS) is 18.4. The van der Waals surface area contributed by atoms with E-state index in [1.54, 1.807) is 0 Å². The molecule has 0 saturated carbocycles. The van der Waals surface area contributed by atoms with Gasteiger partial charge in [-0.3, -0.25) is 9.69 Å². The van der Waals surface area contributed by atoms with E-state index in [0.29, 0.717) is 19.7 Å². The highest BCUT2D eigenvalue weighted by Gasteiger charge is 2.37. The molecule has 0 spiro atoms. The second-order valence-electron chi connectivity index (χ2n) is 9.28. The van der Waals surface area contributed by atoms with Gasteiger partial charge < -0.3 is 14.7 Å². The van der Waals surface area contributed by atoms with Gasteiger partial charge in [0.2, 0.25) is 5.91 Å². The van der Waals surface area contributed by atoms with Gasteiger partial charge in [0, 0.05) is 26.7 Å². The zero-order valence-electron chi connectivity index (χ0n) is 19.9. The maximum Gasteiger partial charge on any atom is 0.234 e. The smallest absolute Gasteiger partial charge is 0.234 e. The Morgan fingerprint density at radius 3 is 2.21 bits per heavy atom. The van der Waals surface area contributed by atoms with Gasteiger partial charge in [0.15, 0.2) is 0 Å². The minimum absolute atomic E-state index is 0.0935. The maximum absolute atomic E-state index is 14.1. The third kappa shape index (κ3) is 4.22. The first-order chi connectivity index (χ1) is 16.6. The van der Waals surface area contributed by atoms with E-state index >= 15 is 0 Å². The van der Waals surface area contributed by atoms with Gasteiger partial charge in [-0.15, -0.1) is 0 Å². The highest BCUT2D eigenvalue weighted by molar-refractivity contribution is 5.96. The summed E-state index contributed by atoms with van der Waals surface area (Å²) in [5, 5.41) is 10.1. The second-order valence-corrected chi connectivity index (χ2v) is 9.28. The lowest BCUT2D eigenvalue weighted by molar-refractivity contribution is -0.133. The summed E-state index contributed by atoms with van der Waals surface area (Å²) < 4.78 is 5.63. The molecule has 34 heavy (non-hydrogen) atoms. The summed E-state index contributed by atoms with van der Waals surface area (Å²) in [7, 11) is 1.92. The van der Waals surface area contributed by atoms with Crippen molar-refractivity contribution in [2.75, 3.05) is 33.3 Å². The average molecular weight is 457 g/mol. The monoisotopic (exact) mass is 456 g/mol. The Balaban J connectivity index is 1.48.